The molecule has 3 heteroatoms. The molecule has 0 saturated carbocycles. The summed E-state index contributed by atoms with van der Waals surface area (Å²) in [5.41, 5.74) is 0. The number of hydrogen-bond donors (Lipinski definition) is 0. The fourth-order valence-electron chi connectivity index (χ4n) is 0.708. The molecule has 0 radical (unpaired) electrons. The zero-order chi connectivity index (χ0) is 7.45. The molecule has 0 bridgehead atoms. The number of hydrogen-bond acceptors (Lipinski definition) is 3. The van der Waals surface area contributed by atoms with Gasteiger partial charge in [0.15, 0.2) is 0 Å². The Morgan fingerprint density at radius 1 is 1.20 bits per heavy atom. The van der Waals surface area contributed by atoms with Crippen LogP contribution in [0.3, 0.4) is 0 Å². The van der Waals surface area contributed by atoms with Crippen molar-refractivity contribution in [3.63, 3.8) is 0 Å². The van der Waals surface area contributed by atoms with Gasteiger partial charge in [-0.15, -0.1) is 0 Å². The van der Waals surface area contributed by atoms with Crippen LogP contribution in [-0.4, -0.2) is 20.2 Å². The van der Waals surface area contributed by atoms with Crippen LogP contribution in [0.15, 0.2) is 24.5 Å². The maximum atomic E-state index is 5.05. The summed E-state index contributed by atoms with van der Waals surface area (Å²) in [7, 11) is 3.04. The average molecular weight is 142 g/mol. The summed E-state index contributed by atoms with van der Waals surface area (Å²) in [5.74, 6) is -1.01. The van der Waals surface area contributed by atoms with Crippen molar-refractivity contribution in [3.05, 3.63) is 24.5 Å². The third kappa shape index (κ3) is 1.20. The highest BCUT2D eigenvalue weighted by Crippen LogP contribution is 2.18. The third-order valence-corrected chi connectivity index (χ3v) is 1.29. The topological polar surface area (TPSA) is 27.7 Å². The fraction of sp³-hybridized carbons (Fsp3) is 0.429. The number of methoxy groups -OCH3 is 2. The molecule has 0 unspecified atom stereocenters. The van der Waals surface area contributed by atoms with E-state index in [1.165, 1.54) is 20.5 Å². The van der Waals surface area contributed by atoms with Crippen molar-refractivity contribution >= 4 is 0 Å². The maximum Gasteiger partial charge on any atom is 0.348 e. The molecule has 0 aromatic heterocycles. The Bertz CT molecular complexity index is 156. The number of rotatable bonds is 2. The molecule has 0 spiro atoms. The lowest BCUT2D eigenvalue weighted by molar-refractivity contribution is -0.308. The quantitative estimate of drug-likeness (QED) is 0.539. The van der Waals surface area contributed by atoms with E-state index < -0.39 is 5.97 Å². The van der Waals surface area contributed by atoms with Gasteiger partial charge in [-0.2, -0.15) is 0 Å². The van der Waals surface area contributed by atoms with E-state index in [-0.39, 0.29) is 0 Å². The molecule has 1 heterocycles. The molecular formula is C7H10O3. The van der Waals surface area contributed by atoms with Crippen LogP contribution in [0.1, 0.15) is 0 Å². The second-order valence-corrected chi connectivity index (χ2v) is 1.82. The van der Waals surface area contributed by atoms with Gasteiger partial charge in [-0.3, -0.25) is 0 Å². The Hall–Kier alpha value is -0.800. The monoisotopic (exact) mass is 142 g/mol. The fourth-order valence-corrected chi connectivity index (χ4v) is 0.708. The molecular weight excluding hydrogens is 132 g/mol. The van der Waals surface area contributed by atoms with Gasteiger partial charge in [-0.1, -0.05) is 6.08 Å². The summed E-state index contributed by atoms with van der Waals surface area (Å²) in [5, 5.41) is 0. The summed E-state index contributed by atoms with van der Waals surface area (Å²) < 4.78 is 14.9. The van der Waals surface area contributed by atoms with E-state index in [1.54, 1.807) is 18.2 Å². The lowest BCUT2D eigenvalue weighted by Gasteiger charge is -2.27. The van der Waals surface area contributed by atoms with Crippen LogP contribution >= 0.6 is 0 Å². The lowest BCUT2D eigenvalue weighted by Crippen LogP contribution is -2.33. The van der Waals surface area contributed by atoms with E-state index in [9.17, 15) is 0 Å². The van der Waals surface area contributed by atoms with Crippen LogP contribution in [0.5, 0.6) is 0 Å². The summed E-state index contributed by atoms with van der Waals surface area (Å²) in [6, 6.07) is 0. The molecule has 56 valence electrons. The van der Waals surface area contributed by atoms with E-state index in [4.69, 9.17) is 14.2 Å². The normalized spacial score (nSPS) is 20.6. The van der Waals surface area contributed by atoms with Crippen LogP contribution < -0.4 is 0 Å². The zero-order valence-corrected chi connectivity index (χ0v) is 6.03. The third-order valence-electron chi connectivity index (χ3n) is 1.29. The first-order chi connectivity index (χ1) is 4.83. The molecule has 1 rings (SSSR count). The highest BCUT2D eigenvalue weighted by Gasteiger charge is 2.28. The molecule has 0 aromatic rings. The van der Waals surface area contributed by atoms with Crippen molar-refractivity contribution in [2.45, 2.75) is 5.97 Å². The van der Waals surface area contributed by atoms with Gasteiger partial charge in [-0.05, 0) is 6.08 Å². The van der Waals surface area contributed by atoms with E-state index in [0.29, 0.717) is 0 Å². The number of ether oxygens (including phenoxy) is 3. The molecule has 10 heavy (non-hydrogen) atoms. The maximum absolute atomic E-state index is 5.05. The first kappa shape index (κ1) is 7.31. The Labute approximate surface area is 59.9 Å². The van der Waals surface area contributed by atoms with Gasteiger partial charge in [0.2, 0.25) is 0 Å². The van der Waals surface area contributed by atoms with Crippen molar-refractivity contribution in [1.82, 2.24) is 0 Å². The molecule has 0 aromatic carbocycles. The largest absolute Gasteiger partial charge is 0.444 e. The molecule has 0 N–H and O–H groups in total. The van der Waals surface area contributed by atoms with Crippen LogP contribution in [0.25, 0.3) is 0 Å². The Kier molecular flexibility index (Phi) is 2.09. The van der Waals surface area contributed by atoms with E-state index in [0.717, 1.165) is 0 Å². The second kappa shape index (κ2) is 2.86. The zero-order valence-electron chi connectivity index (χ0n) is 6.03. The predicted molar refractivity (Wildman–Crippen MR) is 36.1 cm³/mol. The molecule has 0 saturated heterocycles. The van der Waals surface area contributed by atoms with Gasteiger partial charge in [0, 0.05) is 20.3 Å². The molecule has 1 aliphatic rings. The predicted octanol–water partition coefficient (Wildman–Crippen LogP) is 1.03. The van der Waals surface area contributed by atoms with Crippen molar-refractivity contribution < 1.29 is 14.2 Å². The molecule has 0 atom stereocenters. The number of allylic oxidation sites excluding steroid dienone is 2. The minimum Gasteiger partial charge on any atom is -0.444 e. The van der Waals surface area contributed by atoms with Crippen molar-refractivity contribution in [2.24, 2.45) is 0 Å². The summed E-state index contributed by atoms with van der Waals surface area (Å²) >= 11 is 0. The summed E-state index contributed by atoms with van der Waals surface area (Å²) in [6.45, 7) is 0. The van der Waals surface area contributed by atoms with E-state index in [2.05, 4.69) is 0 Å². The van der Waals surface area contributed by atoms with Gasteiger partial charge in [0.1, 0.15) is 0 Å². The average Bonchev–Trinajstić information content (AvgIpc) is 2.06. The summed E-state index contributed by atoms with van der Waals surface area (Å²) in [6.07, 6.45) is 6.77. The Morgan fingerprint density at radius 2 is 1.90 bits per heavy atom. The Balaban J connectivity index is 2.66. The van der Waals surface area contributed by atoms with Crippen molar-refractivity contribution in [3.8, 4) is 0 Å². The van der Waals surface area contributed by atoms with Gasteiger partial charge in [0.05, 0.1) is 6.26 Å². The van der Waals surface area contributed by atoms with Gasteiger partial charge < -0.3 is 14.2 Å². The first-order valence-electron chi connectivity index (χ1n) is 2.95. The molecule has 0 fully saturated rings. The van der Waals surface area contributed by atoms with E-state index in [1.807, 2.05) is 0 Å². The first-order valence-corrected chi connectivity index (χ1v) is 2.95. The van der Waals surface area contributed by atoms with Crippen LogP contribution in [0, 0.1) is 0 Å². The second-order valence-electron chi connectivity index (χ2n) is 1.82. The smallest absolute Gasteiger partial charge is 0.348 e. The van der Waals surface area contributed by atoms with Crippen molar-refractivity contribution in [1.29, 1.82) is 0 Å². The minimum atomic E-state index is -1.01. The highest BCUT2D eigenvalue weighted by molar-refractivity contribution is 5.08. The SMILES string of the molecule is COC1(OC)C=CC=CO1. The molecule has 3 nitrogen and oxygen atoms in total. The Morgan fingerprint density at radius 3 is 2.20 bits per heavy atom. The molecule has 0 amide bonds. The van der Waals surface area contributed by atoms with Gasteiger partial charge >= 0.3 is 5.97 Å². The standard InChI is InChI=1S/C7H10O3/c1-8-7(9-2)5-3-4-6-10-7/h3-6H,1-2H3. The molecule has 1 aliphatic heterocycles. The van der Waals surface area contributed by atoms with Crippen LogP contribution in [-0.2, 0) is 14.2 Å². The van der Waals surface area contributed by atoms with Crippen LogP contribution in [0.4, 0.5) is 0 Å². The minimum absolute atomic E-state index is 1.01. The highest BCUT2D eigenvalue weighted by atomic mass is 16.9. The van der Waals surface area contributed by atoms with Gasteiger partial charge in [-0.25, -0.2) is 0 Å². The molecule has 0 aliphatic carbocycles. The summed E-state index contributed by atoms with van der Waals surface area (Å²) in [4.78, 5) is 0. The van der Waals surface area contributed by atoms with Crippen molar-refractivity contribution in [2.75, 3.05) is 14.2 Å². The lowest BCUT2D eigenvalue weighted by atomic mass is 10.4. The van der Waals surface area contributed by atoms with E-state index >= 15 is 0 Å². The van der Waals surface area contributed by atoms with Gasteiger partial charge in [0.25, 0.3) is 0 Å². The van der Waals surface area contributed by atoms with Crippen LogP contribution in [0.2, 0.25) is 0 Å².